The molecule has 34 heavy (non-hydrogen) atoms. The molecule has 1 aromatic carbocycles. The number of urea groups is 1. The van der Waals surface area contributed by atoms with Crippen molar-refractivity contribution in [2.24, 2.45) is 5.92 Å². The van der Waals surface area contributed by atoms with Gasteiger partial charge in [0.1, 0.15) is 17.1 Å². The van der Waals surface area contributed by atoms with E-state index in [1.807, 2.05) is 44.2 Å². The number of nitrogens with zero attached hydrogens (tertiary/aromatic N) is 1. The Bertz CT molecular complexity index is 1130. The summed E-state index contributed by atoms with van der Waals surface area (Å²) in [5.74, 6) is -1.42. The van der Waals surface area contributed by atoms with E-state index in [2.05, 4.69) is 10.6 Å². The van der Waals surface area contributed by atoms with E-state index in [1.54, 1.807) is 6.92 Å². The molecule has 1 aromatic heterocycles. The number of thiophene rings is 1. The molecular formula is C25H29N3O5S. The molecule has 2 N–H and O–H groups in total. The molecule has 0 radical (unpaired) electrons. The number of amides is 4. The molecule has 2 unspecified atom stereocenters. The Kier molecular flexibility index (Phi) is 6.74. The molecule has 2 fully saturated rings. The van der Waals surface area contributed by atoms with Gasteiger partial charge in [-0.05, 0) is 43.7 Å². The molecule has 2 heterocycles. The lowest BCUT2D eigenvalue weighted by molar-refractivity contribution is -0.136. The third kappa shape index (κ3) is 4.20. The van der Waals surface area contributed by atoms with E-state index in [9.17, 15) is 19.2 Å². The Balaban J connectivity index is 1.57. The molecule has 1 saturated heterocycles. The van der Waals surface area contributed by atoms with Crippen molar-refractivity contribution < 1.29 is 23.9 Å². The molecule has 0 bridgehead atoms. The van der Waals surface area contributed by atoms with Crippen LogP contribution < -0.4 is 10.6 Å². The molecule has 1 saturated carbocycles. The van der Waals surface area contributed by atoms with Crippen molar-refractivity contribution >= 4 is 40.2 Å². The van der Waals surface area contributed by atoms with Crippen molar-refractivity contribution in [3.8, 4) is 10.4 Å². The maximum Gasteiger partial charge on any atom is 0.341 e. The number of hydrogen-bond donors (Lipinski definition) is 2. The Hall–Kier alpha value is -3.20. The lowest BCUT2D eigenvalue weighted by Gasteiger charge is -2.36. The highest BCUT2D eigenvalue weighted by Crippen LogP contribution is 2.41. The zero-order valence-electron chi connectivity index (χ0n) is 19.6. The quantitative estimate of drug-likeness (QED) is 0.470. The number of rotatable bonds is 6. The lowest BCUT2D eigenvalue weighted by Crippen LogP contribution is -2.54. The van der Waals surface area contributed by atoms with Gasteiger partial charge < -0.3 is 15.4 Å². The molecular weight excluding hydrogens is 454 g/mol. The molecule has 4 rings (SSSR count). The largest absolute Gasteiger partial charge is 0.462 e. The van der Waals surface area contributed by atoms with Gasteiger partial charge >= 0.3 is 12.0 Å². The monoisotopic (exact) mass is 483 g/mol. The van der Waals surface area contributed by atoms with Crippen LogP contribution >= 0.6 is 11.3 Å². The minimum Gasteiger partial charge on any atom is -0.462 e. The predicted octanol–water partition coefficient (Wildman–Crippen LogP) is 4.34. The van der Waals surface area contributed by atoms with Gasteiger partial charge in [-0.1, -0.05) is 50.1 Å². The maximum absolute atomic E-state index is 13.2. The molecule has 1 aliphatic carbocycles. The van der Waals surface area contributed by atoms with Crippen molar-refractivity contribution in [2.45, 2.75) is 52.0 Å². The molecule has 8 nitrogen and oxygen atoms in total. The van der Waals surface area contributed by atoms with Crippen LogP contribution in [-0.4, -0.2) is 47.4 Å². The standard InChI is InChI=1S/C25H29N3O5S/c1-4-33-22(30)19-16(3)20(17-11-6-5-7-12-17)34-21(19)26-18(29)14-28-23(31)25(27-24(28)32)13-9-8-10-15(25)2/h5-7,11-12,15H,4,8-10,13-14H2,1-3H3,(H,26,29)(H,27,32). The molecule has 2 atom stereocenters. The summed E-state index contributed by atoms with van der Waals surface area (Å²) < 4.78 is 5.22. The van der Waals surface area contributed by atoms with Crippen LogP contribution in [-0.2, 0) is 14.3 Å². The lowest BCUT2D eigenvalue weighted by atomic mass is 9.73. The Labute approximate surface area is 202 Å². The average Bonchev–Trinajstić information content (AvgIpc) is 3.25. The van der Waals surface area contributed by atoms with E-state index in [-0.39, 0.29) is 24.0 Å². The average molecular weight is 484 g/mol. The Morgan fingerprint density at radius 2 is 1.97 bits per heavy atom. The summed E-state index contributed by atoms with van der Waals surface area (Å²) in [6, 6.07) is 9.01. The second-order valence-corrected chi connectivity index (χ2v) is 9.86. The summed E-state index contributed by atoms with van der Waals surface area (Å²) in [5, 5.41) is 5.95. The van der Waals surface area contributed by atoms with Crippen LogP contribution in [0.4, 0.5) is 9.80 Å². The van der Waals surface area contributed by atoms with E-state index in [0.29, 0.717) is 17.0 Å². The van der Waals surface area contributed by atoms with Crippen LogP contribution in [0.15, 0.2) is 30.3 Å². The summed E-state index contributed by atoms with van der Waals surface area (Å²) in [4.78, 5) is 53.3. The number of hydrogen-bond acceptors (Lipinski definition) is 6. The SMILES string of the molecule is CCOC(=O)c1c(NC(=O)CN2C(=O)NC3(CCCCC3C)C2=O)sc(-c2ccccc2)c1C. The van der Waals surface area contributed by atoms with Gasteiger partial charge in [0.15, 0.2) is 0 Å². The van der Waals surface area contributed by atoms with Crippen LogP contribution in [0.2, 0.25) is 0 Å². The van der Waals surface area contributed by atoms with Crippen LogP contribution in [0, 0.1) is 12.8 Å². The molecule has 2 aliphatic rings. The highest BCUT2D eigenvalue weighted by Gasteiger charge is 2.55. The highest BCUT2D eigenvalue weighted by atomic mass is 32.1. The first kappa shape index (κ1) is 23.9. The molecule has 1 aliphatic heterocycles. The van der Waals surface area contributed by atoms with Gasteiger partial charge in [-0.25, -0.2) is 9.59 Å². The van der Waals surface area contributed by atoms with Crippen LogP contribution in [0.1, 0.15) is 55.5 Å². The van der Waals surface area contributed by atoms with E-state index in [0.717, 1.165) is 34.6 Å². The van der Waals surface area contributed by atoms with E-state index >= 15 is 0 Å². The minimum absolute atomic E-state index is 0.00885. The summed E-state index contributed by atoms with van der Waals surface area (Å²) in [5.41, 5.74) is 0.980. The first-order chi connectivity index (χ1) is 16.3. The number of carbonyl (C=O) groups excluding carboxylic acids is 4. The van der Waals surface area contributed by atoms with Gasteiger partial charge in [-0.15, -0.1) is 11.3 Å². The zero-order chi connectivity index (χ0) is 24.5. The van der Waals surface area contributed by atoms with Gasteiger partial charge in [-0.3, -0.25) is 14.5 Å². The number of benzene rings is 1. The summed E-state index contributed by atoms with van der Waals surface area (Å²) in [6.07, 6.45) is 3.31. The summed E-state index contributed by atoms with van der Waals surface area (Å²) >= 11 is 1.27. The van der Waals surface area contributed by atoms with Crippen molar-refractivity contribution in [1.82, 2.24) is 10.2 Å². The second kappa shape index (κ2) is 9.58. The second-order valence-electron chi connectivity index (χ2n) is 8.83. The maximum atomic E-state index is 13.2. The van der Waals surface area contributed by atoms with Crippen LogP contribution in [0.25, 0.3) is 10.4 Å². The summed E-state index contributed by atoms with van der Waals surface area (Å²) in [6.45, 7) is 5.28. The third-order valence-corrected chi connectivity index (χ3v) is 7.97. The molecule has 9 heteroatoms. The zero-order valence-corrected chi connectivity index (χ0v) is 20.4. The topological polar surface area (TPSA) is 105 Å². The fourth-order valence-corrected chi connectivity index (χ4v) is 6.08. The fraction of sp³-hybridized carbons (Fsp3) is 0.440. The first-order valence-electron chi connectivity index (χ1n) is 11.6. The van der Waals surface area contributed by atoms with Gasteiger partial charge in [0.2, 0.25) is 5.91 Å². The van der Waals surface area contributed by atoms with Crippen molar-refractivity contribution in [1.29, 1.82) is 0 Å². The highest BCUT2D eigenvalue weighted by molar-refractivity contribution is 7.20. The van der Waals surface area contributed by atoms with Gasteiger partial charge in [-0.2, -0.15) is 0 Å². The number of ether oxygens (including phenoxy) is 1. The van der Waals surface area contributed by atoms with Crippen molar-refractivity contribution in [3.05, 3.63) is 41.5 Å². The molecule has 4 amide bonds. The predicted molar refractivity (Wildman–Crippen MR) is 130 cm³/mol. The number of imide groups is 1. The molecule has 180 valence electrons. The van der Waals surface area contributed by atoms with Gasteiger partial charge in [0.05, 0.1) is 12.2 Å². The Morgan fingerprint density at radius 3 is 2.65 bits per heavy atom. The smallest absolute Gasteiger partial charge is 0.341 e. The first-order valence-corrected chi connectivity index (χ1v) is 12.4. The summed E-state index contributed by atoms with van der Waals surface area (Å²) in [7, 11) is 0. The van der Waals surface area contributed by atoms with Crippen LogP contribution in [0.5, 0.6) is 0 Å². The van der Waals surface area contributed by atoms with Crippen molar-refractivity contribution in [3.63, 3.8) is 0 Å². The third-order valence-electron chi connectivity index (χ3n) is 6.72. The number of esters is 1. The van der Waals surface area contributed by atoms with Gasteiger partial charge in [0.25, 0.3) is 5.91 Å². The number of carbonyl (C=O) groups is 4. The van der Waals surface area contributed by atoms with E-state index in [4.69, 9.17) is 4.74 Å². The van der Waals surface area contributed by atoms with Gasteiger partial charge in [0, 0.05) is 4.88 Å². The minimum atomic E-state index is -0.925. The van der Waals surface area contributed by atoms with E-state index < -0.39 is 30.0 Å². The number of anilines is 1. The molecule has 2 aromatic rings. The molecule has 1 spiro atoms. The van der Waals surface area contributed by atoms with Crippen molar-refractivity contribution in [2.75, 3.05) is 18.5 Å². The van der Waals surface area contributed by atoms with Crippen LogP contribution in [0.3, 0.4) is 0 Å². The Morgan fingerprint density at radius 1 is 1.24 bits per heavy atom. The van der Waals surface area contributed by atoms with E-state index in [1.165, 1.54) is 11.3 Å². The normalized spacial score (nSPS) is 22.1. The number of nitrogens with one attached hydrogen (secondary N) is 2. The fourth-order valence-electron chi connectivity index (χ4n) is 4.86.